The highest BCUT2D eigenvalue weighted by Gasteiger charge is 2.29. The minimum Gasteiger partial charge on any atom is -0.326 e. The molecule has 0 atom stereocenters. The van der Waals surface area contributed by atoms with E-state index < -0.39 is 0 Å². The lowest BCUT2D eigenvalue weighted by Crippen LogP contribution is -2.15. The van der Waals surface area contributed by atoms with Gasteiger partial charge in [-0.05, 0) is 49.9 Å². The normalized spacial score (nSPS) is 16.9. The first kappa shape index (κ1) is 14.0. The molecule has 0 spiro atoms. The molecule has 4 rings (SSSR count). The van der Waals surface area contributed by atoms with Gasteiger partial charge in [-0.3, -0.25) is 14.7 Å². The molecule has 23 heavy (non-hydrogen) atoms. The molecular weight excluding hydrogens is 292 g/mol. The van der Waals surface area contributed by atoms with Crippen molar-refractivity contribution in [1.29, 1.82) is 0 Å². The zero-order valence-electron chi connectivity index (χ0n) is 12.6. The number of hydrogen-bond acceptors (Lipinski definition) is 3. The lowest BCUT2D eigenvalue weighted by atomic mass is 10.2. The topological polar surface area (TPSA) is 86.9 Å². The molecule has 1 aromatic heterocycles. The van der Waals surface area contributed by atoms with Gasteiger partial charge >= 0.3 is 0 Å². The van der Waals surface area contributed by atoms with Crippen molar-refractivity contribution in [3.8, 4) is 0 Å². The van der Waals surface area contributed by atoms with E-state index in [-0.39, 0.29) is 17.7 Å². The molecule has 118 valence electrons. The van der Waals surface area contributed by atoms with Crippen LogP contribution >= 0.6 is 0 Å². The van der Waals surface area contributed by atoms with Crippen molar-refractivity contribution in [2.45, 2.75) is 31.6 Å². The van der Waals surface area contributed by atoms with Crippen LogP contribution in [0.25, 0.3) is 0 Å². The van der Waals surface area contributed by atoms with Crippen LogP contribution < -0.4 is 10.6 Å². The number of carbonyl (C=O) groups is 2. The number of rotatable bonds is 5. The van der Waals surface area contributed by atoms with Crippen LogP contribution in [-0.2, 0) is 4.79 Å². The molecule has 3 N–H and O–H groups in total. The van der Waals surface area contributed by atoms with Crippen molar-refractivity contribution in [3.63, 3.8) is 0 Å². The van der Waals surface area contributed by atoms with Gasteiger partial charge in [0.1, 0.15) is 0 Å². The number of H-pyrrole nitrogens is 1. The third-order valence-electron chi connectivity index (χ3n) is 4.18. The standard InChI is InChI=1S/C17H18N4O2/c22-16(11-6-7-11)18-12-2-1-3-13(8-12)19-17(23)15-9-14(20-21-15)10-4-5-10/h1-3,8-11H,4-7H2,(H,18,22)(H,19,23)(H,20,21). The van der Waals surface area contributed by atoms with Crippen LogP contribution in [0.3, 0.4) is 0 Å². The highest BCUT2D eigenvalue weighted by Crippen LogP contribution is 2.39. The minimum absolute atomic E-state index is 0.0508. The van der Waals surface area contributed by atoms with Crippen molar-refractivity contribution in [2.24, 2.45) is 5.92 Å². The Bertz CT molecular complexity index is 759. The second kappa shape index (κ2) is 5.53. The Hall–Kier alpha value is -2.63. The minimum atomic E-state index is -0.251. The Morgan fingerprint density at radius 1 is 1.04 bits per heavy atom. The SMILES string of the molecule is O=C(Nc1cccc(NC(=O)C2CC2)c1)c1cc(C2CC2)[nH]n1. The van der Waals surface area contributed by atoms with Gasteiger partial charge in [-0.2, -0.15) is 5.10 Å². The van der Waals surface area contributed by atoms with E-state index >= 15 is 0 Å². The quantitative estimate of drug-likeness (QED) is 0.793. The van der Waals surface area contributed by atoms with Crippen LogP contribution in [0.2, 0.25) is 0 Å². The maximum atomic E-state index is 12.2. The van der Waals surface area contributed by atoms with E-state index in [0.717, 1.165) is 31.4 Å². The monoisotopic (exact) mass is 310 g/mol. The van der Waals surface area contributed by atoms with Crippen molar-refractivity contribution in [2.75, 3.05) is 10.6 Å². The average Bonchev–Trinajstić information content (AvgIpc) is 3.46. The number of hydrogen-bond donors (Lipinski definition) is 3. The van der Waals surface area contributed by atoms with Crippen LogP contribution in [0, 0.1) is 5.92 Å². The molecule has 2 saturated carbocycles. The molecule has 0 saturated heterocycles. The summed E-state index contributed by atoms with van der Waals surface area (Å²) in [5.41, 5.74) is 2.75. The molecule has 6 nitrogen and oxygen atoms in total. The fourth-order valence-electron chi connectivity index (χ4n) is 2.52. The van der Waals surface area contributed by atoms with Crippen LogP contribution in [0.15, 0.2) is 30.3 Å². The highest BCUT2D eigenvalue weighted by atomic mass is 16.2. The predicted molar refractivity (Wildman–Crippen MR) is 86.3 cm³/mol. The van der Waals surface area contributed by atoms with Crippen LogP contribution in [0.1, 0.15) is 47.8 Å². The first-order valence-corrected chi connectivity index (χ1v) is 7.96. The fourth-order valence-corrected chi connectivity index (χ4v) is 2.52. The lowest BCUT2D eigenvalue weighted by Gasteiger charge is -2.07. The van der Waals surface area contributed by atoms with Gasteiger partial charge in [0.05, 0.1) is 0 Å². The van der Waals surface area contributed by atoms with Crippen molar-refractivity contribution in [3.05, 3.63) is 41.7 Å². The van der Waals surface area contributed by atoms with E-state index in [1.165, 1.54) is 0 Å². The molecule has 2 aliphatic carbocycles. The third kappa shape index (κ3) is 3.26. The van der Waals surface area contributed by atoms with Gasteiger partial charge in [0, 0.05) is 28.9 Å². The molecule has 2 fully saturated rings. The van der Waals surface area contributed by atoms with Crippen LogP contribution in [0.4, 0.5) is 11.4 Å². The summed E-state index contributed by atoms with van der Waals surface area (Å²) in [5.74, 6) is 0.483. The van der Waals surface area contributed by atoms with Gasteiger partial charge < -0.3 is 10.6 Å². The Kier molecular flexibility index (Phi) is 3.37. The van der Waals surface area contributed by atoms with Crippen LogP contribution in [-0.4, -0.2) is 22.0 Å². The summed E-state index contributed by atoms with van der Waals surface area (Å²) >= 11 is 0. The van der Waals surface area contributed by atoms with E-state index in [1.807, 2.05) is 12.1 Å². The second-order valence-electron chi connectivity index (χ2n) is 6.28. The van der Waals surface area contributed by atoms with Crippen molar-refractivity contribution >= 4 is 23.2 Å². The number of nitrogens with zero attached hydrogens (tertiary/aromatic N) is 1. The molecule has 6 heteroatoms. The summed E-state index contributed by atoms with van der Waals surface area (Å²) in [6.45, 7) is 0. The molecule has 1 aromatic carbocycles. The first-order chi connectivity index (χ1) is 11.2. The molecule has 1 heterocycles. The maximum Gasteiger partial charge on any atom is 0.276 e. The molecule has 2 aromatic rings. The molecule has 0 radical (unpaired) electrons. The number of anilines is 2. The number of aromatic nitrogens is 2. The third-order valence-corrected chi connectivity index (χ3v) is 4.18. The van der Waals surface area contributed by atoms with Gasteiger partial charge in [0.2, 0.25) is 5.91 Å². The molecular formula is C17H18N4O2. The van der Waals surface area contributed by atoms with Crippen LogP contribution in [0.5, 0.6) is 0 Å². The summed E-state index contributed by atoms with van der Waals surface area (Å²) in [7, 11) is 0. The summed E-state index contributed by atoms with van der Waals surface area (Å²) in [4.78, 5) is 24.0. The van der Waals surface area contributed by atoms with Gasteiger partial charge in [0.25, 0.3) is 5.91 Å². The van der Waals surface area contributed by atoms with Gasteiger partial charge in [0.15, 0.2) is 5.69 Å². The smallest absolute Gasteiger partial charge is 0.276 e. The van der Waals surface area contributed by atoms with E-state index in [0.29, 0.717) is 23.0 Å². The van der Waals surface area contributed by atoms with Gasteiger partial charge in [-0.15, -0.1) is 0 Å². The van der Waals surface area contributed by atoms with E-state index in [4.69, 9.17) is 0 Å². The first-order valence-electron chi connectivity index (χ1n) is 7.96. The number of nitrogens with one attached hydrogen (secondary N) is 3. The predicted octanol–water partition coefficient (Wildman–Crippen LogP) is 2.89. The molecule has 0 unspecified atom stereocenters. The second-order valence-corrected chi connectivity index (χ2v) is 6.28. The summed E-state index contributed by atoms with van der Waals surface area (Å²) in [5, 5.41) is 12.7. The molecule has 0 bridgehead atoms. The van der Waals surface area contributed by atoms with E-state index in [9.17, 15) is 9.59 Å². The van der Waals surface area contributed by atoms with Crippen molar-refractivity contribution in [1.82, 2.24) is 10.2 Å². The van der Waals surface area contributed by atoms with Gasteiger partial charge in [-0.1, -0.05) is 6.07 Å². The number of benzene rings is 1. The molecule has 2 aliphatic rings. The Labute approximate surface area is 133 Å². The zero-order valence-corrected chi connectivity index (χ0v) is 12.6. The fraction of sp³-hybridized carbons (Fsp3) is 0.353. The highest BCUT2D eigenvalue weighted by molar-refractivity contribution is 6.03. The number of aromatic amines is 1. The van der Waals surface area contributed by atoms with Gasteiger partial charge in [-0.25, -0.2) is 0 Å². The summed E-state index contributed by atoms with van der Waals surface area (Å²) in [6, 6.07) is 8.98. The van der Waals surface area contributed by atoms with Crippen molar-refractivity contribution < 1.29 is 9.59 Å². The maximum absolute atomic E-state index is 12.2. The number of carbonyl (C=O) groups excluding carboxylic acids is 2. The molecule has 2 amide bonds. The Morgan fingerprint density at radius 3 is 2.48 bits per heavy atom. The summed E-state index contributed by atoms with van der Waals surface area (Å²) < 4.78 is 0. The summed E-state index contributed by atoms with van der Waals surface area (Å²) in [6.07, 6.45) is 4.24. The lowest BCUT2D eigenvalue weighted by molar-refractivity contribution is -0.117. The Morgan fingerprint density at radius 2 is 1.78 bits per heavy atom. The Balaban J connectivity index is 1.42. The average molecular weight is 310 g/mol. The van der Waals surface area contributed by atoms with E-state index in [1.54, 1.807) is 18.2 Å². The van der Waals surface area contributed by atoms with E-state index in [2.05, 4.69) is 20.8 Å². The molecule has 0 aliphatic heterocycles. The largest absolute Gasteiger partial charge is 0.326 e. The number of amides is 2. The zero-order chi connectivity index (χ0) is 15.8.